The van der Waals surface area contributed by atoms with Gasteiger partial charge in [0.2, 0.25) is 0 Å². The van der Waals surface area contributed by atoms with Crippen molar-refractivity contribution < 1.29 is 19.4 Å². The van der Waals surface area contributed by atoms with Crippen molar-refractivity contribution in [3.05, 3.63) is 35.9 Å². The first-order valence-corrected chi connectivity index (χ1v) is 8.92. The maximum Gasteiger partial charge on any atom is 0.303 e. The molecule has 1 aromatic rings. The Bertz CT molecular complexity index is 446. The summed E-state index contributed by atoms with van der Waals surface area (Å²) < 4.78 is 10.4. The van der Waals surface area contributed by atoms with Gasteiger partial charge in [-0.2, -0.15) is 0 Å². The molecule has 0 fully saturated rings. The highest BCUT2D eigenvalue weighted by Gasteiger charge is 2.13. The molecule has 0 aliphatic heterocycles. The molecule has 0 spiro atoms. The Balaban J connectivity index is 2.12. The summed E-state index contributed by atoms with van der Waals surface area (Å²) in [7, 11) is 0. The van der Waals surface area contributed by atoms with Gasteiger partial charge in [0.15, 0.2) is 0 Å². The van der Waals surface area contributed by atoms with Crippen molar-refractivity contribution in [1.82, 2.24) is 0 Å². The molecule has 3 atom stereocenters. The number of benzene rings is 1. The zero-order valence-corrected chi connectivity index (χ0v) is 15.2. The van der Waals surface area contributed by atoms with Crippen LogP contribution < -0.4 is 0 Å². The van der Waals surface area contributed by atoms with Crippen LogP contribution >= 0.6 is 0 Å². The highest BCUT2D eigenvalue weighted by molar-refractivity contribution is 5.66. The fraction of sp³-hybridized carbons (Fsp3) is 0.650. The van der Waals surface area contributed by atoms with Gasteiger partial charge in [-0.05, 0) is 43.1 Å². The lowest BCUT2D eigenvalue weighted by molar-refractivity contribution is -0.152. The molecule has 0 saturated carbocycles. The zero-order valence-electron chi connectivity index (χ0n) is 15.2. The van der Waals surface area contributed by atoms with Crippen molar-refractivity contribution in [3.63, 3.8) is 0 Å². The Morgan fingerprint density at radius 3 is 2.42 bits per heavy atom. The summed E-state index contributed by atoms with van der Waals surface area (Å²) in [6.07, 6.45) is 3.88. The summed E-state index contributed by atoms with van der Waals surface area (Å²) in [6, 6.07) is 10.6. The minimum Gasteiger partial charge on any atom is -0.458 e. The number of aryl methyl sites for hydroxylation is 1. The Morgan fingerprint density at radius 1 is 1.12 bits per heavy atom. The monoisotopic (exact) mass is 336 g/mol. The van der Waals surface area contributed by atoms with Crippen LogP contribution in [0.2, 0.25) is 0 Å². The van der Waals surface area contributed by atoms with E-state index in [2.05, 4.69) is 44.2 Å². The van der Waals surface area contributed by atoms with Crippen LogP contribution in [0.25, 0.3) is 0 Å². The second-order valence-electron chi connectivity index (χ2n) is 6.61. The van der Waals surface area contributed by atoms with Crippen LogP contribution in [0.15, 0.2) is 30.3 Å². The quantitative estimate of drug-likeness (QED) is 0.468. The van der Waals surface area contributed by atoms with E-state index in [1.54, 1.807) is 0 Å². The standard InChI is InChI=1S/C20H32O4/c1-16(17(2)11-12-19-9-5-4-6-10-19)8-7-13-23-15-20(14-21)24-18(3)22/h4-6,9-10,16-17,20-21H,7-8,11-15H2,1-3H3. The van der Waals surface area contributed by atoms with E-state index >= 15 is 0 Å². The smallest absolute Gasteiger partial charge is 0.303 e. The molecule has 0 aliphatic carbocycles. The van der Waals surface area contributed by atoms with Crippen molar-refractivity contribution in [1.29, 1.82) is 0 Å². The third-order valence-corrected chi connectivity index (χ3v) is 4.49. The van der Waals surface area contributed by atoms with Gasteiger partial charge >= 0.3 is 5.97 Å². The van der Waals surface area contributed by atoms with Gasteiger partial charge in [0.25, 0.3) is 0 Å². The van der Waals surface area contributed by atoms with Gasteiger partial charge in [-0.15, -0.1) is 0 Å². The second kappa shape index (κ2) is 12.0. The Morgan fingerprint density at radius 2 is 1.79 bits per heavy atom. The van der Waals surface area contributed by atoms with Crippen LogP contribution in [0.3, 0.4) is 0 Å². The molecule has 0 heterocycles. The molecule has 24 heavy (non-hydrogen) atoms. The molecule has 0 amide bonds. The van der Waals surface area contributed by atoms with E-state index in [0.717, 1.165) is 19.3 Å². The van der Waals surface area contributed by atoms with Crippen molar-refractivity contribution in [2.75, 3.05) is 19.8 Å². The van der Waals surface area contributed by atoms with E-state index in [1.165, 1.54) is 18.9 Å². The fourth-order valence-corrected chi connectivity index (χ4v) is 2.69. The van der Waals surface area contributed by atoms with Gasteiger partial charge in [0, 0.05) is 13.5 Å². The van der Waals surface area contributed by atoms with Crippen LogP contribution in [-0.2, 0) is 20.7 Å². The molecule has 0 aliphatic rings. The summed E-state index contributed by atoms with van der Waals surface area (Å²) in [5.74, 6) is 0.939. The lowest BCUT2D eigenvalue weighted by Crippen LogP contribution is -2.26. The van der Waals surface area contributed by atoms with Crippen LogP contribution in [0.4, 0.5) is 0 Å². The molecule has 0 radical (unpaired) electrons. The first-order valence-electron chi connectivity index (χ1n) is 8.92. The fourth-order valence-electron chi connectivity index (χ4n) is 2.69. The number of aliphatic hydroxyl groups excluding tert-OH is 1. The van der Waals surface area contributed by atoms with Crippen molar-refractivity contribution in [2.24, 2.45) is 11.8 Å². The minimum absolute atomic E-state index is 0.202. The predicted octanol–water partition coefficient (Wildman–Crippen LogP) is 3.61. The molecule has 136 valence electrons. The lowest BCUT2D eigenvalue weighted by Gasteiger charge is -2.20. The van der Waals surface area contributed by atoms with E-state index in [-0.39, 0.29) is 13.2 Å². The van der Waals surface area contributed by atoms with E-state index in [0.29, 0.717) is 18.4 Å². The number of esters is 1. The number of ether oxygens (including phenoxy) is 2. The highest BCUT2D eigenvalue weighted by atomic mass is 16.6. The SMILES string of the molecule is CC(=O)OC(CO)COCCCC(C)C(C)CCc1ccccc1. The summed E-state index contributed by atoms with van der Waals surface area (Å²) in [4.78, 5) is 10.8. The summed E-state index contributed by atoms with van der Waals surface area (Å²) >= 11 is 0. The maximum atomic E-state index is 10.8. The molecule has 0 saturated heterocycles. The van der Waals surface area contributed by atoms with Crippen LogP contribution in [0.1, 0.15) is 45.6 Å². The summed E-state index contributed by atoms with van der Waals surface area (Å²) in [5.41, 5.74) is 1.40. The van der Waals surface area contributed by atoms with Crippen molar-refractivity contribution in [3.8, 4) is 0 Å². The molecule has 1 aromatic carbocycles. The third kappa shape index (κ3) is 9.04. The molecule has 4 nitrogen and oxygen atoms in total. The van der Waals surface area contributed by atoms with E-state index < -0.39 is 12.1 Å². The first kappa shape index (κ1) is 20.7. The van der Waals surface area contributed by atoms with Crippen molar-refractivity contribution >= 4 is 5.97 Å². The molecule has 4 heteroatoms. The van der Waals surface area contributed by atoms with Crippen molar-refractivity contribution in [2.45, 2.75) is 52.6 Å². The molecule has 1 rings (SSSR count). The predicted molar refractivity (Wildman–Crippen MR) is 95.8 cm³/mol. The Hall–Kier alpha value is -1.39. The van der Waals surface area contributed by atoms with Crippen LogP contribution in [-0.4, -0.2) is 37.0 Å². The topological polar surface area (TPSA) is 55.8 Å². The number of rotatable bonds is 12. The van der Waals surface area contributed by atoms with E-state index in [4.69, 9.17) is 14.6 Å². The molecule has 0 bridgehead atoms. The zero-order chi connectivity index (χ0) is 17.8. The largest absolute Gasteiger partial charge is 0.458 e. The van der Waals surface area contributed by atoms with Gasteiger partial charge in [-0.1, -0.05) is 44.2 Å². The van der Waals surface area contributed by atoms with E-state index in [1.807, 2.05) is 0 Å². The molecule has 3 unspecified atom stereocenters. The number of aliphatic hydroxyl groups is 1. The third-order valence-electron chi connectivity index (χ3n) is 4.49. The van der Waals surface area contributed by atoms with Crippen LogP contribution in [0.5, 0.6) is 0 Å². The maximum absolute atomic E-state index is 10.8. The second-order valence-corrected chi connectivity index (χ2v) is 6.61. The summed E-state index contributed by atoms with van der Waals surface area (Å²) in [6.45, 7) is 6.64. The Labute approximate surface area is 146 Å². The number of carbonyl (C=O) groups excluding carboxylic acids is 1. The van der Waals surface area contributed by atoms with Gasteiger partial charge in [0.1, 0.15) is 6.10 Å². The van der Waals surface area contributed by atoms with Gasteiger partial charge in [-0.25, -0.2) is 0 Å². The average molecular weight is 336 g/mol. The number of hydrogen-bond acceptors (Lipinski definition) is 4. The van der Waals surface area contributed by atoms with Gasteiger partial charge in [-0.3, -0.25) is 4.79 Å². The van der Waals surface area contributed by atoms with Crippen LogP contribution in [0, 0.1) is 11.8 Å². The molecular weight excluding hydrogens is 304 g/mol. The lowest BCUT2D eigenvalue weighted by atomic mass is 9.87. The Kier molecular flexibility index (Phi) is 10.4. The minimum atomic E-state index is -0.551. The van der Waals surface area contributed by atoms with E-state index in [9.17, 15) is 4.79 Å². The average Bonchev–Trinajstić information content (AvgIpc) is 2.58. The molecule has 0 aromatic heterocycles. The normalized spacial score (nSPS) is 14.8. The molecule has 1 N–H and O–H groups in total. The number of carbonyl (C=O) groups is 1. The van der Waals surface area contributed by atoms with Gasteiger partial charge < -0.3 is 14.6 Å². The first-order chi connectivity index (χ1) is 11.5. The highest BCUT2D eigenvalue weighted by Crippen LogP contribution is 2.22. The van der Waals surface area contributed by atoms with Gasteiger partial charge in [0.05, 0.1) is 13.2 Å². The number of hydrogen-bond donors (Lipinski definition) is 1. The summed E-state index contributed by atoms with van der Waals surface area (Å²) in [5, 5.41) is 9.09. The molecular formula is C20H32O4.